The Morgan fingerprint density at radius 1 is 1.17 bits per heavy atom. The number of halogens is 3. The first-order chi connectivity index (χ1) is 11.4. The van der Waals surface area contributed by atoms with Crippen LogP contribution in [0.4, 0.5) is 30.5 Å². The molecule has 2 aromatic rings. The number of aromatic nitrogens is 2. The number of aliphatic hydroxyl groups is 1. The van der Waals surface area contributed by atoms with Gasteiger partial charge in [-0.3, -0.25) is 0 Å². The average Bonchev–Trinajstić information content (AvgIpc) is 2.55. The molecule has 2 heterocycles. The Morgan fingerprint density at radius 3 is 2.62 bits per heavy atom. The fourth-order valence-electron chi connectivity index (χ4n) is 2.61. The molecule has 0 atom stereocenters. The number of hydrogen-bond donors (Lipinski definition) is 2. The second kappa shape index (κ2) is 6.64. The van der Waals surface area contributed by atoms with Gasteiger partial charge in [-0.1, -0.05) is 6.07 Å². The number of aliphatic hydroxyl groups excluding tert-OH is 1. The van der Waals surface area contributed by atoms with Crippen molar-refractivity contribution in [1.29, 1.82) is 0 Å². The lowest BCUT2D eigenvalue weighted by molar-refractivity contribution is -0.141. The van der Waals surface area contributed by atoms with Crippen LogP contribution in [0.2, 0.25) is 0 Å². The van der Waals surface area contributed by atoms with Crippen LogP contribution in [0.25, 0.3) is 0 Å². The Morgan fingerprint density at radius 2 is 1.92 bits per heavy atom. The van der Waals surface area contributed by atoms with Gasteiger partial charge in [-0.2, -0.15) is 13.2 Å². The molecule has 128 valence electrons. The molecular formula is C16H17F3N4O. The molecule has 0 aliphatic carbocycles. The summed E-state index contributed by atoms with van der Waals surface area (Å²) in [5.74, 6) is -0.101. The topological polar surface area (TPSA) is 61.3 Å². The predicted octanol–water partition coefficient (Wildman–Crippen LogP) is 3.20. The lowest BCUT2D eigenvalue weighted by atomic mass is 10.1. The molecule has 24 heavy (non-hydrogen) atoms. The molecule has 1 saturated heterocycles. The highest BCUT2D eigenvalue weighted by Gasteiger charge is 2.32. The van der Waals surface area contributed by atoms with Crippen molar-refractivity contribution in [2.45, 2.75) is 25.1 Å². The minimum absolute atomic E-state index is 0.101. The van der Waals surface area contributed by atoms with Crippen molar-refractivity contribution >= 4 is 17.3 Å². The van der Waals surface area contributed by atoms with Crippen LogP contribution < -0.4 is 10.2 Å². The van der Waals surface area contributed by atoms with Gasteiger partial charge in [-0.15, -0.1) is 0 Å². The number of anilines is 3. The van der Waals surface area contributed by atoms with E-state index in [-0.39, 0.29) is 12.1 Å². The maximum Gasteiger partial charge on any atom is 0.433 e. The number of nitrogens with zero attached hydrogens (tertiary/aromatic N) is 3. The number of rotatable bonds is 3. The smallest absolute Gasteiger partial charge is 0.393 e. The molecule has 2 N–H and O–H groups in total. The second-order valence-corrected chi connectivity index (χ2v) is 5.66. The molecule has 0 spiro atoms. The quantitative estimate of drug-likeness (QED) is 0.900. The van der Waals surface area contributed by atoms with E-state index in [1.54, 1.807) is 6.07 Å². The highest BCUT2D eigenvalue weighted by molar-refractivity contribution is 5.62. The molecule has 0 bridgehead atoms. The largest absolute Gasteiger partial charge is 0.433 e. The predicted molar refractivity (Wildman–Crippen MR) is 84.2 cm³/mol. The van der Waals surface area contributed by atoms with E-state index in [1.807, 2.05) is 18.2 Å². The van der Waals surface area contributed by atoms with Crippen LogP contribution in [0.1, 0.15) is 18.5 Å². The first-order valence-electron chi connectivity index (χ1n) is 7.62. The molecule has 0 amide bonds. The second-order valence-electron chi connectivity index (χ2n) is 5.66. The summed E-state index contributed by atoms with van der Waals surface area (Å²) in [7, 11) is 0. The lowest BCUT2D eigenvalue weighted by Crippen LogP contribution is -2.35. The van der Waals surface area contributed by atoms with Crippen molar-refractivity contribution in [2.75, 3.05) is 23.3 Å². The van der Waals surface area contributed by atoms with Crippen LogP contribution in [-0.2, 0) is 6.18 Å². The number of benzene rings is 1. The third-order valence-electron chi connectivity index (χ3n) is 3.88. The number of alkyl halides is 3. The molecule has 1 aromatic carbocycles. The van der Waals surface area contributed by atoms with Crippen molar-refractivity contribution in [3.63, 3.8) is 0 Å². The zero-order valence-corrected chi connectivity index (χ0v) is 12.8. The maximum atomic E-state index is 12.7. The molecule has 0 unspecified atom stereocenters. The van der Waals surface area contributed by atoms with Gasteiger partial charge < -0.3 is 15.3 Å². The van der Waals surface area contributed by atoms with Gasteiger partial charge in [0.25, 0.3) is 0 Å². The fourth-order valence-corrected chi connectivity index (χ4v) is 2.61. The summed E-state index contributed by atoms with van der Waals surface area (Å²) in [6.45, 7) is 1.48. The highest BCUT2D eigenvalue weighted by Crippen LogP contribution is 2.29. The van der Waals surface area contributed by atoms with Crippen LogP contribution in [-0.4, -0.2) is 34.3 Å². The summed E-state index contributed by atoms with van der Waals surface area (Å²) in [5.41, 5.74) is 0.568. The fraction of sp³-hybridized carbons (Fsp3) is 0.375. The van der Waals surface area contributed by atoms with E-state index < -0.39 is 11.9 Å². The van der Waals surface area contributed by atoms with Crippen molar-refractivity contribution < 1.29 is 18.3 Å². The number of piperidine rings is 1. The van der Waals surface area contributed by atoms with Crippen LogP contribution in [0, 0.1) is 0 Å². The molecule has 1 aliphatic rings. The van der Waals surface area contributed by atoms with Crippen molar-refractivity contribution in [2.24, 2.45) is 0 Å². The van der Waals surface area contributed by atoms with Gasteiger partial charge in [0.2, 0.25) is 5.95 Å². The first-order valence-corrected chi connectivity index (χ1v) is 7.62. The van der Waals surface area contributed by atoms with E-state index in [0.29, 0.717) is 18.5 Å². The molecule has 1 fully saturated rings. The van der Waals surface area contributed by atoms with Gasteiger partial charge in [0.1, 0.15) is 5.69 Å². The van der Waals surface area contributed by atoms with Gasteiger partial charge in [-0.05, 0) is 37.1 Å². The van der Waals surface area contributed by atoms with Crippen molar-refractivity contribution in [3.8, 4) is 0 Å². The summed E-state index contributed by atoms with van der Waals surface area (Å²) in [4.78, 5) is 9.46. The van der Waals surface area contributed by atoms with Gasteiger partial charge in [0.05, 0.1) is 6.10 Å². The molecule has 0 saturated carbocycles. The zero-order chi connectivity index (χ0) is 17.2. The molecular weight excluding hydrogens is 321 g/mol. The Hall–Kier alpha value is -2.35. The molecule has 8 heteroatoms. The van der Waals surface area contributed by atoms with Crippen molar-refractivity contribution in [1.82, 2.24) is 9.97 Å². The average molecular weight is 338 g/mol. The van der Waals surface area contributed by atoms with E-state index >= 15 is 0 Å². The Labute approximate surface area is 137 Å². The minimum atomic E-state index is -4.50. The summed E-state index contributed by atoms with van der Waals surface area (Å²) in [6, 6.07) is 8.15. The summed E-state index contributed by atoms with van der Waals surface area (Å²) < 4.78 is 38.1. The SMILES string of the molecule is OC1CCN(c2cccc(Nc3nccc(C(F)(F)F)n3)c2)CC1. The molecule has 0 radical (unpaired) electrons. The minimum Gasteiger partial charge on any atom is -0.393 e. The number of nitrogens with one attached hydrogen (secondary N) is 1. The zero-order valence-electron chi connectivity index (χ0n) is 12.8. The molecule has 5 nitrogen and oxygen atoms in total. The van der Waals surface area contributed by atoms with E-state index in [1.165, 1.54) is 0 Å². The third-order valence-corrected chi connectivity index (χ3v) is 3.88. The maximum absolute atomic E-state index is 12.7. The normalized spacial score (nSPS) is 16.2. The Balaban J connectivity index is 1.75. The van der Waals surface area contributed by atoms with Gasteiger partial charge >= 0.3 is 6.18 Å². The van der Waals surface area contributed by atoms with E-state index in [4.69, 9.17) is 0 Å². The van der Waals surface area contributed by atoms with E-state index in [9.17, 15) is 18.3 Å². The van der Waals surface area contributed by atoms with Crippen molar-refractivity contribution in [3.05, 3.63) is 42.2 Å². The molecule has 1 aromatic heterocycles. The Bertz CT molecular complexity index is 700. The summed E-state index contributed by atoms with van der Waals surface area (Å²) in [5, 5.41) is 12.4. The molecule has 1 aliphatic heterocycles. The van der Waals surface area contributed by atoms with Crippen LogP contribution in [0.5, 0.6) is 0 Å². The first kappa shape index (κ1) is 16.5. The summed E-state index contributed by atoms with van der Waals surface area (Å²) >= 11 is 0. The van der Waals surface area contributed by atoms with E-state index in [2.05, 4.69) is 20.2 Å². The highest BCUT2D eigenvalue weighted by atomic mass is 19.4. The third kappa shape index (κ3) is 3.94. The van der Waals surface area contributed by atoms with Crippen LogP contribution in [0.15, 0.2) is 36.5 Å². The van der Waals surface area contributed by atoms with Gasteiger partial charge in [0.15, 0.2) is 0 Å². The lowest BCUT2D eigenvalue weighted by Gasteiger charge is -2.31. The van der Waals surface area contributed by atoms with Crippen LogP contribution in [0.3, 0.4) is 0 Å². The Kier molecular flexibility index (Phi) is 4.57. The standard InChI is InChI=1S/C16H17F3N4O/c17-16(18,19)14-4-7-20-15(22-14)21-11-2-1-3-12(10-11)23-8-5-13(24)6-9-23/h1-4,7,10,13,24H,5-6,8-9H2,(H,20,21,22). The monoisotopic (exact) mass is 338 g/mol. The van der Waals surface area contributed by atoms with Gasteiger partial charge in [0, 0.05) is 30.7 Å². The molecule has 3 rings (SSSR count). The van der Waals surface area contributed by atoms with E-state index in [0.717, 1.165) is 31.0 Å². The summed E-state index contributed by atoms with van der Waals surface area (Å²) in [6.07, 6.45) is -2.28. The number of hydrogen-bond acceptors (Lipinski definition) is 5. The van der Waals surface area contributed by atoms with Gasteiger partial charge in [-0.25, -0.2) is 9.97 Å². The van der Waals surface area contributed by atoms with Crippen LogP contribution >= 0.6 is 0 Å².